The number of carbonyl (C=O) groups excluding carboxylic acids is 2. The van der Waals surface area contributed by atoms with Gasteiger partial charge in [-0.1, -0.05) is 54.6 Å². The molecule has 1 aliphatic heterocycles. The van der Waals surface area contributed by atoms with Gasteiger partial charge in [0.1, 0.15) is 28.6 Å². The van der Waals surface area contributed by atoms with E-state index in [9.17, 15) is 40.3 Å². The monoisotopic (exact) mass is 716 g/mol. The third-order valence-corrected chi connectivity index (χ3v) is 11.0. The Kier molecular flexibility index (Phi) is 9.12. The molecule has 2 atom stereocenters. The summed E-state index contributed by atoms with van der Waals surface area (Å²) in [5.41, 5.74) is 1.53. The van der Waals surface area contributed by atoms with Crippen LogP contribution < -0.4 is 9.46 Å². The summed E-state index contributed by atoms with van der Waals surface area (Å²) in [5, 5.41) is -0.946. The molecule has 4 aromatic carbocycles. The molecule has 1 fully saturated rings. The van der Waals surface area contributed by atoms with Gasteiger partial charge in [-0.25, -0.2) is 18.2 Å². The first-order chi connectivity index (χ1) is 23.2. The van der Waals surface area contributed by atoms with Crippen molar-refractivity contribution in [1.82, 2.24) is 19.2 Å². The Morgan fingerprint density at radius 1 is 0.939 bits per heavy atom. The summed E-state index contributed by atoms with van der Waals surface area (Å²) in [6.07, 6.45) is -6.10. The van der Waals surface area contributed by atoms with Gasteiger partial charge in [0, 0.05) is 0 Å². The van der Waals surface area contributed by atoms with Crippen LogP contribution >= 0.6 is 10.8 Å². The number of aromatic amines is 1. The SMILES string of the molecule is O=C1CC(c2ccc(C[C@@H](c3nc4ccccc4[nH]3)N(OC(=O)C(F)(F)F)S(=O)(=O)c3ccc(Oc4ccccc4)cc3)cc2)S(O)(O)N1. The molecule has 0 spiro atoms. The van der Waals surface area contributed by atoms with Gasteiger partial charge < -0.3 is 14.6 Å². The lowest BCUT2D eigenvalue weighted by atomic mass is 10.0. The molecule has 1 aliphatic rings. The van der Waals surface area contributed by atoms with Crippen molar-refractivity contribution in [2.75, 3.05) is 0 Å². The van der Waals surface area contributed by atoms with Crippen molar-refractivity contribution in [2.24, 2.45) is 0 Å². The van der Waals surface area contributed by atoms with Crippen molar-refractivity contribution in [2.45, 2.75) is 35.2 Å². The molecule has 17 heteroatoms. The minimum absolute atomic E-state index is 0.0162. The third kappa shape index (κ3) is 7.40. The Bertz CT molecular complexity index is 2060. The quantitative estimate of drug-likeness (QED) is 0.117. The Morgan fingerprint density at radius 3 is 2.18 bits per heavy atom. The van der Waals surface area contributed by atoms with Crippen LogP contribution in [-0.2, 0) is 30.9 Å². The third-order valence-electron chi connectivity index (χ3n) is 7.53. The van der Waals surface area contributed by atoms with E-state index in [1.165, 1.54) is 36.4 Å². The number of benzene rings is 4. The summed E-state index contributed by atoms with van der Waals surface area (Å²) in [6, 6.07) is 24.2. The first-order valence-corrected chi connectivity index (χ1v) is 17.5. The fourth-order valence-corrected chi connectivity index (χ4v) is 8.03. The summed E-state index contributed by atoms with van der Waals surface area (Å²) in [5.74, 6) is -2.77. The maximum absolute atomic E-state index is 14.1. The van der Waals surface area contributed by atoms with Gasteiger partial charge in [-0.15, -0.1) is 10.8 Å². The number of amides is 1. The van der Waals surface area contributed by atoms with Crippen molar-refractivity contribution < 1.29 is 49.9 Å². The molecule has 1 saturated heterocycles. The Balaban J connectivity index is 1.40. The highest BCUT2D eigenvalue weighted by atomic mass is 32.3. The lowest BCUT2D eigenvalue weighted by molar-refractivity contribution is -0.227. The van der Waals surface area contributed by atoms with Crippen LogP contribution in [0.15, 0.2) is 108 Å². The van der Waals surface area contributed by atoms with Crippen LogP contribution in [0, 0.1) is 0 Å². The maximum Gasteiger partial charge on any atom is 0.492 e. The maximum atomic E-state index is 14.1. The molecule has 256 valence electrons. The second-order valence-electron chi connectivity index (χ2n) is 10.9. The molecule has 5 aromatic rings. The van der Waals surface area contributed by atoms with Gasteiger partial charge in [0.15, 0.2) is 0 Å². The molecular weight excluding hydrogens is 690 g/mol. The van der Waals surface area contributed by atoms with Gasteiger partial charge in [0.05, 0.1) is 22.3 Å². The minimum atomic E-state index is -5.56. The van der Waals surface area contributed by atoms with Gasteiger partial charge in [0.2, 0.25) is 5.91 Å². The second kappa shape index (κ2) is 13.2. The first-order valence-electron chi connectivity index (χ1n) is 14.5. The van der Waals surface area contributed by atoms with Crippen LogP contribution in [0.2, 0.25) is 0 Å². The van der Waals surface area contributed by atoms with Crippen LogP contribution in [0.25, 0.3) is 11.0 Å². The number of hydroxylamine groups is 1. The van der Waals surface area contributed by atoms with E-state index in [2.05, 4.69) is 19.5 Å². The number of sulfonamides is 1. The van der Waals surface area contributed by atoms with E-state index in [1.54, 1.807) is 54.6 Å². The number of fused-ring (bicyclic) bond motifs is 1. The highest BCUT2D eigenvalue weighted by molar-refractivity contribution is 8.23. The van der Waals surface area contributed by atoms with Gasteiger partial charge >= 0.3 is 12.1 Å². The number of para-hydroxylation sites is 3. The smallest absolute Gasteiger partial charge is 0.457 e. The number of nitrogens with one attached hydrogen (secondary N) is 2. The highest BCUT2D eigenvalue weighted by Crippen LogP contribution is 2.56. The number of alkyl halides is 3. The summed E-state index contributed by atoms with van der Waals surface area (Å²) < 4.78 is 97.5. The topological polar surface area (TPSA) is 171 Å². The van der Waals surface area contributed by atoms with Crippen LogP contribution in [0.5, 0.6) is 11.5 Å². The number of aromatic nitrogens is 2. The van der Waals surface area contributed by atoms with E-state index in [0.29, 0.717) is 27.9 Å². The van der Waals surface area contributed by atoms with E-state index >= 15 is 0 Å². The van der Waals surface area contributed by atoms with Gasteiger partial charge in [0.25, 0.3) is 10.0 Å². The largest absolute Gasteiger partial charge is 0.492 e. The summed E-state index contributed by atoms with van der Waals surface area (Å²) in [4.78, 5) is 35.6. The van der Waals surface area contributed by atoms with Crippen molar-refractivity contribution >= 4 is 43.7 Å². The molecule has 2 heterocycles. The zero-order valence-electron chi connectivity index (χ0n) is 25.1. The fourth-order valence-electron chi connectivity index (χ4n) is 5.19. The van der Waals surface area contributed by atoms with Gasteiger partial charge in [-0.05, 0) is 70.5 Å². The van der Waals surface area contributed by atoms with E-state index in [1.807, 2.05) is 0 Å². The Labute approximate surface area is 279 Å². The van der Waals surface area contributed by atoms with Crippen LogP contribution in [0.1, 0.15) is 34.7 Å². The predicted octanol–water partition coefficient (Wildman–Crippen LogP) is 6.58. The molecular formula is C32H27F3N4O8S2. The molecule has 1 amide bonds. The van der Waals surface area contributed by atoms with Crippen molar-refractivity contribution in [3.63, 3.8) is 0 Å². The van der Waals surface area contributed by atoms with Gasteiger partial charge in [-0.2, -0.15) is 13.2 Å². The van der Waals surface area contributed by atoms with Crippen molar-refractivity contribution in [3.8, 4) is 11.5 Å². The number of ether oxygens (including phenoxy) is 1. The van der Waals surface area contributed by atoms with Crippen molar-refractivity contribution in [1.29, 1.82) is 0 Å². The number of halogens is 3. The lowest BCUT2D eigenvalue weighted by Crippen LogP contribution is -2.42. The standard InChI is InChI=1S/C32H27F3N4O8S2/c33-32(34,35)31(41)47-39(49(44,45)24-16-14-23(15-17-24)46-22-6-2-1-3-7-22)27(30-36-25-8-4-5-9-26(25)37-30)18-20-10-12-21(13-11-20)28-19-29(40)38-48(28,42)43/h1-17,27-28,42-43H,18-19H2,(H,36,37)(H,38,40)/t27-,28?/m0/s1. The molecule has 1 aromatic heterocycles. The zero-order valence-corrected chi connectivity index (χ0v) is 26.7. The molecule has 4 N–H and O–H groups in total. The summed E-state index contributed by atoms with van der Waals surface area (Å²) in [6.45, 7) is 0. The lowest BCUT2D eigenvalue weighted by Gasteiger charge is -2.33. The molecule has 1 unspecified atom stereocenters. The average molecular weight is 717 g/mol. The number of rotatable bonds is 10. The predicted molar refractivity (Wildman–Crippen MR) is 171 cm³/mol. The molecule has 0 saturated carbocycles. The fraction of sp³-hybridized carbons (Fsp3) is 0.156. The van der Waals surface area contributed by atoms with E-state index < -0.39 is 55.0 Å². The summed E-state index contributed by atoms with van der Waals surface area (Å²) >= 11 is 0. The molecule has 0 radical (unpaired) electrons. The minimum Gasteiger partial charge on any atom is -0.457 e. The molecule has 12 nitrogen and oxygen atoms in total. The highest BCUT2D eigenvalue weighted by Gasteiger charge is 2.47. The average Bonchev–Trinajstić information content (AvgIpc) is 3.62. The molecule has 0 aliphatic carbocycles. The molecule has 0 bridgehead atoms. The van der Waals surface area contributed by atoms with Crippen LogP contribution in [0.4, 0.5) is 13.2 Å². The summed E-state index contributed by atoms with van der Waals surface area (Å²) in [7, 11) is -8.50. The van der Waals surface area contributed by atoms with E-state index in [0.717, 1.165) is 12.1 Å². The number of imidazole rings is 1. The molecule has 6 rings (SSSR count). The molecule has 49 heavy (non-hydrogen) atoms. The van der Waals surface area contributed by atoms with Crippen molar-refractivity contribution in [3.05, 3.63) is 120 Å². The number of H-pyrrole nitrogens is 1. The Morgan fingerprint density at radius 2 is 1.57 bits per heavy atom. The van der Waals surface area contributed by atoms with Crippen LogP contribution in [-0.4, -0.2) is 50.0 Å². The zero-order chi connectivity index (χ0) is 35.0. The van der Waals surface area contributed by atoms with Gasteiger partial charge in [-0.3, -0.25) is 18.6 Å². The number of carbonyl (C=O) groups is 2. The number of nitrogens with zero attached hydrogens (tertiary/aromatic N) is 2. The van der Waals surface area contributed by atoms with Crippen LogP contribution in [0.3, 0.4) is 0 Å². The Hall–Kier alpha value is -4.94. The number of hydrogen-bond acceptors (Lipinski definition) is 9. The van der Waals surface area contributed by atoms with E-state index in [4.69, 9.17) is 4.74 Å². The number of hydrogen-bond donors (Lipinski definition) is 4. The first kappa shape index (κ1) is 33.9. The normalized spacial score (nSPS) is 17.4. The van der Waals surface area contributed by atoms with E-state index in [-0.39, 0.29) is 28.9 Å². The second-order valence-corrected chi connectivity index (χ2v) is 14.7.